The lowest BCUT2D eigenvalue weighted by Gasteiger charge is -2.25. The second-order valence-electron chi connectivity index (χ2n) is 5.18. The van der Waals surface area contributed by atoms with Crippen LogP contribution in [0.25, 0.3) is 0 Å². The lowest BCUT2D eigenvalue weighted by Crippen LogP contribution is -2.39. The number of hydrogen-bond acceptors (Lipinski definition) is 1. The first-order valence-electron chi connectivity index (χ1n) is 6.81. The molecule has 0 bridgehead atoms. The third-order valence-corrected chi connectivity index (χ3v) is 3.83. The Bertz CT molecular complexity index is 253. The van der Waals surface area contributed by atoms with Crippen LogP contribution in [0.4, 0.5) is 0 Å². The van der Waals surface area contributed by atoms with Gasteiger partial charge in [-0.2, -0.15) is 0 Å². The van der Waals surface area contributed by atoms with Gasteiger partial charge in [-0.05, 0) is 38.5 Å². The van der Waals surface area contributed by atoms with Crippen LogP contribution in [0, 0.1) is 5.92 Å². The van der Waals surface area contributed by atoms with Gasteiger partial charge in [-0.15, -0.1) is 0 Å². The van der Waals surface area contributed by atoms with Crippen molar-refractivity contribution in [1.29, 1.82) is 0 Å². The van der Waals surface area contributed by atoms with Crippen molar-refractivity contribution in [3.63, 3.8) is 0 Å². The van der Waals surface area contributed by atoms with Gasteiger partial charge in [0.15, 0.2) is 0 Å². The second kappa shape index (κ2) is 6.07. The molecular formula is C14H23NO. The monoisotopic (exact) mass is 221 g/mol. The molecule has 1 fully saturated rings. The van der Waals surface area contributed by atoms with E-state index in [-0.39, 0.29) is 5.92 Å². The zero-order valence-corrected chi connectivity index (χ0v) is 10.1. The zero-order valence-electron chi connectivity index (χ0n) is 10.1. The first-order chi connectivity index (χ1) is 7.86. The number of hydrogen-bond donors (Lipinski definition) is 1. The van der Waals surface area contributed by atoms with E-state index in [1.807, 2.05) is 0 Å². The van der Waals surface area contributed by atoms with Gasteiger partial charge in [-0.1, -0.05) is 31.4 Å². The number of amides is 1. The van der Waals surface area contributed by atoms with Crippen molar-refractivity contribution in [1.82, 2.24) is 5.32 Å². The molecule has 2 aliphatic rings. The van der Waals surface area contributed by atoms with E-state index >= 15 is 0 Å². The zero-order chi connectivity index (χ0) is 11.2. The summed E-state index contributed by atoms with van der Waals surface area (Å²) in [5.74, 6) is 0.541. The van der Waals surface area contributed by atoms with Crippen molar-refractivity contribution < 1.29 is 4.79 Å². The minimum Gasteiger partial charge on any atom is -0.353 e. The number of nitrogens with one attached hydrogen (secondary N) is 1. The summed E-state index contributed by atoms with van der Waals surface area (Å²) in [5.41, 5.74) is 0. The van der Waals surface area contributed by atoms with E-state index in [9.17, 15) is 4.79 Å². The maximum Gasteiger partial charge on any atom is 0.223 e. The van der Waals surface area contributed by atoms with Gasteiger partial charge in [0.2, 0.25) is 5.91 Å². The quantitative estimate of drug-likeness (QED) is 0.713. The van der Waals surface area contributed by atoms with E-state index in [2.05, 4.69) is 17.5 Å². The predicted octanol–water partition coefficient (Wildman–Crippen LogP) is 3.18. The molecule has 2 aliphatic carbocycles. The van der Waals surface area contributed by atoms with Crippen LogP contribution in [0.3, 0.4) is 0 Å². The van der Waals surface area contributed by atoms with Crippen molar-refractivity contribution in [2.45, 2.75) is 63.8 Å². The molecule has 2 rings (SSSR count). The molecule has 2 nitrogen and oxygen atoms in total. The van der Waals surface area contributed by atoms with Crippen LogP contribution in [0.2, 0.25) is 0 Å². The van der Waals surface area contributed by atoms with E-state index in [1.54, 1.807) is 0 Å². The molecule has 1 amide bonds. The molecule has 0 aliphatic heterocycles. The summed E-state index contributed by atoms with van der Waals surface area (Å²) in [4.78, 5) is 12.1. The number of allylic oxidation sites excluding steroid dienone is 2. The minimum absolute atomic E-state index is 0.237. The minimum atomic E-state index is 0.237. The Labute approximate surface area is 98.5 Å². The molecule has 0 heterocycles. The van der Waals surface area contributed by atoms with Crippen LogP contribution in [0.1, 0.15) is 57.8 Å². The molecule has 1 saturated carbocycles. The maximum absolute atomic E-state index is 12.1. The van der Waals surface area contributed by atoms with E-state index in [4.69, 9.17) is 0 Å². The van der Waals surface area contributed by atoms with Crippen LogP contribution in [-0.2, 0) is 4.79 Å². The van der Waals surface area contributed by atoms with Crippen molar-refractivity contribution in [3.8, 4) is 0 Å². The molecule has 0 saturated heterocycles. The van der Waals surface area contributed by atoms with Crippen LogP contribution in [0.5, 0.6) is 0 Å². The maximum atomic E-state index is 12.1. The Morgan fingerprint density at radius 1 is 1.00 bits per heavy atom. The highest BCUT2D eigenvalue weighted by molar-refractivity contribution is 5.79. The highest BCUT2D eigenvalue weighted by Crippen LogP contribution is 2.21. The van der Waals surface area contributed by atoms with Crippen molar-refractivity contribution in [2.75, 3.05) is 0 Å². The summed E-state index contributed by atoms with van der Waals surface area (Å²) >= 11 is 0. The molecule has 16 heavy (non-hydrogen) atoms. The van der Waals surface area contributed by atoms with Crippen molar-refractivity contribution in [2.24, 2.45) is 5.92 Å². The lowest BCUT2D eigenvalue weighted by atomic mass is 9.93. The SMILES string of the molecule is O=C(NC1CCCCC1)C1CC=CCCC1. The summed E-state index contributed by atoms with van der Waals surface area (Å²) < 4.78 is 0. The highest BCUT2D eigenvalue weighted by atomic mass is 16.1. The second-order valence-corrected chi connectivity index (χ2v) is 5.18. The average molecular weight is 221 g/mol. The van der Waals surface area contributed by atoms with E-state index in [0.717, 1.165) is 19.3 Å². The van der Waals surface area contributed by atoms with Gasteiger partial charge >= 0.3 is 0 Å². The average Bonchev–Trinajstić information content (AvgIpc) is 2.59. The van der Waals surface area contributed by atoms with Gasteiger partial charge in [0, 0.05) is 12.0 Å². The summed E-state index contributed by atoms with van der Waals surface area (Å²) in [6.45, 7) is 0. The van der Waals surface area contributed by atoms with Crippen LogP contribution >= 0.6 is 0 Å². The fourth-order valence-corrected chi connectivity index (χ4v) is 2.78. The molecule has 1 atom stereocenters. The third-order valence-electron chi connectivity index (χ3n) is 3.83. The first kappa shape index (κ1) is 11.7. The van der Waals surface area contributed by atoms with Crippen LogP contribution < -0.4 is 5.32 Å². The Kier molecular flexibility index (Phi) is 4.44. The number of carbonyl (C=O) groups excluding carboxylic acids is 1. The lowest BCUT2D eigenvalue weighted by molar-refractivity contribution is -0.126. The molecule has 90 valence electrons. The summed E-state index contributed by atoms with van der Waals surface area (Å²) in [5, 5.41) is 3.24. The van der Waals surface area contributed by atoms with E-state index in [1.165, 1.54) is 38.5 Å². The molecule has 1 unspecified atom stereocenters. The topological polar surface area (TPSA) is 29.1 Å². The number of rotatable bonds is 2. The fraction of sp³-hybridized carbons (Fsp3) is 0.786. The summed E-state index contributed by atoms with van der Waals surface area (Å²) in [6, 6.07) is 0.466. The molecule has 0 spiro atoms. The standard InChI is InChI=1S/C14H23NO/c16-14(12-8-4-1-2-5-9-12)15-13-10-6-3-7-11-13/h1,4,12-13H,2-3,5-11H2,(H,15,16). The molecule has 0 aromatic carbocycles. The molecule has 2 heteroatoms. The van der Waals surface area contributed by atoms with Gasteiger partial charge in [-0.25, -0.2) is 0 Å². The highest BCUT2D eigenvalue weighted by Gasteiger charge is 2.22. The third kappa shape index (κ3) is 3.36. The van der Waals surface area contributed by atoms with Gasteiger partial charge in [-0.3, -0.25) is 4.79 Å². The van der Waals surface area contributed by atoms with E-state index in [0.29, 0.717) is 11.9 Å². The summed E-state index contributed by atoms with van der Waals surface area (Å²) in [6.07, 6.45) is 15.0. The number of carbonyl (C=O) groups is 1. The van der Waals surface area contributed by atoms with Crippen LogP contribution in [0.15, 0.2) is 12.2 Å². The molecular weight excluding hydrogens is 198 g/mol. The predicted molar refractivity (Wildman–Crippen MR) is 66.1 cm³/mol. The Morgan fingerprint density at radius 2 is 1.81 bits per heavy atom. The molecule has 1 N–H and O–H groups in total. The van der Waals surface area contributed by atoms with Gasteiger partial charge < -0.3 is 5.32 Å². The molecule has 0 radical (unpaired) electrons. The normalized spacial score (nSPS) is 27.4. The Balaban J connectivity index is 1.79. The Hall–Kier alpha value is -0.790. The van der Waals surface area contributed by atoms with Crippen LogP contribution in [-0.4, -0.2) is 11.9 Å². The van der Waals surface area contributed by atoms with E-state index < -0.39 is 0 Å². The van der Waals surface area contributed by atoms with Gasteiger partial charge in [0.25, 0.3) is 0 Å². The van der Waals surface area contributed by atoms with Gasteiger partial charge in [0.1, 0.15) is 0 Å². The van der Waals surface area contributed by atoms with Crippen molar-refractivity contribution in [3.05, 3.63) is 12.2 Å². The smallest absolute Gasteiger partial charge is 0.223 e. The first-order valence-corrected chi connectivity index (χ1v) is 6.81. The largest absolute Gasteiger partial charge is 0.353 e. The molecule has 0 aromatic rings. The fourth-order valence-electron chi connectivity index (χ4n) is 2.78. The van der Waals surface area contributed by atoms with Crippen molar-refractivity contribution >= 4 is 5.91 Å². The Morgan fingerprint density at radius 3 is 2.62 bits per heavy atom. The summed E-state index contributed by atoms with van der Waals surface area (Å²) in [7, 11) is 0. The molecule has 0 aromatic heterocycles. The van der Waals surface area contributed by atoms with Gasteiger partial charge in [0.05, 0.1) is 0 Å².